The van der Waals surface area contributed by atoms with Crippen LogP contribution in [-0.2, 0) is 15.1 Å². The van der Waals surface area contributed by atoms with Crippen LogP contribution in [0.15, 0.2) is 47.5 Å². The summed E-state index contributed by atoms with van der Waals surface area (Å²) >= 11 is 1.60. The van der Waals surface area contributed by atoms with Gasteiger partial charge in [-0.2, -0.15) is 5.26 Å². The van der Waals surface area contributed by atoms with Crippen molar-refractivity contribution in [2.24, 2.45) is 10.7 Å². The maximum atomic E-state index is 13.7. The molecule has 0 saturated heterocycles. The van der Waals surface area contributed by atoms with Gasteiger partial charge in [0.05, 0.1) is 17.7 Å². The quantitative estimate of drug-likeness (QED) is 0.452. The van der Waals surface area contributed by atoms with Crippen molar-refractivity contribution >= 4 is 34.5 Å². The molecule has 33 heavy (non-hydrogen) atoms. The average molecular weight is 560 g/mol. The van der Waals surface area contributed by atoms with Crippen molar-refractivity contribution in [3.8, 4) is 22.9 Å². The van der Waals surface area contributed by atoms with Crippen molar-refractivity contribution < 1.29 is 18.7 Å². The fraction of sp³-hybridized carbons (Fsp3) is 0.375. The van der Waals surface area contributed by atoms with Crippen molar-refractivity contribution in [1.29, 1.82) is 5.26 Å². The number of hydrogen-bond acceptors (Lipinski definition) is 6. The summed E-state index contributed by atoms with van der Waals surface area (Å²) in [6, 6.07) is 15.1. The van der Waals surface area contributed by atoms with E-state index in [1.165, 1.54) is 4.90 Å². The van der Waals surface area contributed by atoms with Gasteiger partial charge in [0, 0.05) is 12.6 Å². The number of nitrogens with zero attached hydrogens (tertiary/aromatic N) is 3. The Morgan fingerprint density at radius 1 is 1.30 bits per heavy atom. The average Bonchev–Trinajstić information content (AvgIpc) is 3.21. The Labute approximate surface area is 204 Å². The standard InChI is InChI=1S/C24H22FIN4O3/c1-30-20(31)24(29-22(30)28)18-12-16(15-4-2-3-14(11-15)13-27)5-6-19(18)33-23(24)9-7-17(8-10-23)32-21(25)26/h2-6,11-12,17,21H,7-10H2,1H3,(H2,28,29)/t17-,21?,23+,24?. The fourth-order valence-electron chi connectivity index (χ4n) is 5.30. The Kier molecular flexibility index (Phi) is 5.33. The predicted octanol–water partition coefficient (Wildman–Crippen LogP) is 3.99. The predicted molar refractivity (Wildman–Crippen MR) is 128 cm³/mol. The second-order valence-electron chi connectivity index (χ2n) is 8.64. The molecule has 0 aromatic heterocycles. The summed E-state index contributed by atoms with van der Waals surface area (Å²) in [5, 5.41) is 9.28. The summed E-state index contributed by atoms with van der Waals surface area (Å²) in [6.45, 7) is 0. The number of carbonyl (C=O) groups excluding carboxylic acids is 1. The van der Waals surface area contributed by atoms with Crippen LogP contribution < -0.4 is 10.5 Å². The van der Waals surface area contributed by atoms with Gasteiger partial charge in [0.25, 0.3) is 10.3 Å². The van der Waals surface area contributed by atoms with Gasteiger partial charge in [0.2, 0.25) is 5.54 Å². The van der Waals surface area contributed by atoms with Crippen LogP contribution in [0.25, 0.3) is 11.1 Å². The molecule has 2 unspecified atom stereocenters. The third kappa shape index (κ3) is 3.30. The lowest BCUT2D eigenvalue weighted by molar-refractivity contribution is -0.142. The number of benzene rings is 2. The molecule has 1 saturated carbocycles. The van der Waals surface area contributed by atoms with E-state index in [2.05, 4.69) is 6.07 Å². The topological polar surface area (TPSA) is 101 Å². The molecule has 2 heterocycles. The Hall–Kier alpha value is -2.71. The number of ether oxygens (including phenoxy) is 2. The van der Waals surface area contributed by atoms with Gasteiger partial charge < -0.3 is 15.2 Å². The van der Waals surface area contributed by atoms with Gasteiger partial charge in [-0.25, -0.2) is 9.38 Å². The maximum Gasteiger partial charge on any atom is 0.266 e. The Balaban J connectivity index is 1.61. The second-order valence-corrected chi connectivity index (χ2v) is 9.62. The van der Waals surface area contributed by atoms with E-state index < -0.39 is 15.5 Å². The summed E-state index contributed by atoms with van der Waals surface area (Å²) < 4.78 is 23.9. The molecular formula is C24H22FIN4O3. The van der Waals surface area contributed by atoms with Gasteiger partial charge in [-0.05, 0) is 83.7 Å². The molecular weight excluding hydrogens is 538 g/mol. The number of hydrogen-bond donors (Lipinski definition) is 1. The number of likely N-dealkylation sites (N-methyl/N-ethyl adjacent to an activating group) is 1. The zero-order chi connectivity index (χ0) is 23.4. The molecule has 1 fully saturated rings. The van der Waals surface area contributed by atoms with Crippen molar-refractivity contribution in [1.82, 2.24) is 4.90 Å². The van der Waals surface area contributed by atoms with Crippen LogP contribution in [-0.4, -0.2) is 39.9 Å². The van der Waals surface area contributed by atoms with Crippen molar-refractivity contribution in [2.75, 3.05) is 7.05 Å². The molecule has 2 aromatic carbocycles. The van der Waals surface area contributed by atoms with E-state index in [0.29, 0.717) is 42.6 Å². The third-order valence-corrected chi connectivity index (χ3v) is 7.23. The first-order valence-electron chi connectivity index (χ1n) is 10.7. The van der Waals surface area contributed by atoms with E-state index >= 15 is 0 Å². The molecule has 1 aliphatic carbocycles. The summed E-state index contributed by atoms with van der Waals surface area (Å²) in [4.78, 5) is 19.8. The van der Waals surface area contributed by atoms with E-state index in [1.807, 2.05) is 30.3 Å². The lowest BCUT2D eigenvalue weighted by Crippen LogP contribution is -2.58. The molecule has 2 N–H and O–H groups in total. The number of rotatable bonds is 3. The molecule has 2 aliphatic heterocycles. The SMILES string of the molecule is CN1C(=O)C2(N=C1N)c1cc(-c3cccc(C#N)c3)ccc1O[C@]21CC[C@@H](OC(F)I)CC1. The number of halogens is 2. The summed E-state index contributed by atoms with van der Waals surface area (Å²) in [6.07, 6.45) is 1.80. The van der Waals surface area contributed by atoms with Gasteiger partial charge in [-0.3, -0.25) is 9.69 Å². The van der Waals surface area contributed by atoms with Crippen LogP contribution in [0.3, 0.4) is 0 Å². The number of nitrogens with two attached hydrogens (primary N) is 1. The summed E-state index contributed by atoms with van der Waals surface area (Å²) in [5.74, 6) is 0.493. The number of amides is 1. The van der Waals surface area contributed by atoms with Gasteiger partial charge >= 0.3 is 0 Å². The van der Waals surface area contributed by atoms with Crippen molar-refractivity contribution in [3.05, 3.63) is 53.6 Å². The van der Waals surface area contributed by atoms with E-state index in [4.69, 9.17) is 20.2 Å². The van der Waals surface area contributed by atoms with E-state index in [0.717, 1.165) is 11.1 Å². The van der Waals surface area contributed by atoms with Crippen LogP contribution in [0, 0.1) is 11.3 Å². The molecule has 5 rings (SSSR count). The largest absolute Gasteiger partial charge is 0.483 e. The molecule has 9 heteroatoms. The summed E-state index contributed by atoms with van der Waals surface area (Å²) in [7, 11) is 1.61. The maximum absolute atomic E-state index is 13.7. The zero-order valence-electron chi connectivity index (χ0n) is 17.9. The van der Waals surface area contributed by atoms with E-state index in [-0.39, 0.29) is 18.0 Å². The molecule has 3 aliphatic rings. The lowest BCUT2D eigenvalue weighted by Gasteiger charge is -2.43. The number of aliphatic imine (C=N–C) groups is 1. The van der Waals surface area contributed by atoms with E-state index in [9.17, 15) is 14.4 Å². The van der Waals surface area contributed by atoms with Crippen LogP contribution in [0.2, 0.25) is 0 Å². The van der Waals surface area contributed by atoms with Crippen LogP contribution >= 0.6 is 22.6 Å². The molecule has 2 spiro atoms. The van der Waals surface area contributed by atoms with Crippen LogP contribution in [0.4, 0.5) is 4.39 Å². The number of guanidine groups is 1. The molecule has 7 nitrogen and oxygen atoms in total. The zero-order valence-corrected chi connectivity index (χ0v) is 20.1. The monoisotopic (exact) mass is 560 g/mol. The first-order chi connectivity index (χ1) is 15.8. The van der Waals surface area contributed by atoms with Crippen LogP contribution in [0.5, 0.6) is 5.75 Å². The first kappa shape index (κ1) is 22.1. The minimum absolute atomic E-state index is 0.141. The second kappa shape index (κ2) is 7.95. The van der Waals surface area contributed by atoms with Gasteiger partial charge in [0.1, 0.15) is 11.4 Å². The highest BCUT2D eigenvalue weighted by molar-refractivity contribution is 14.1. The summed E-state index contributed by atoms with van der Waals surface area (Å²) in [5.41, 5.74) is 6.83. The van der Waals surface area contributed by atoms with Gasteiger partial charge in [-0.15, -0.1) is 0 Å². The Bertz CT molecular complexity index is 1200. The first-order valence-corrected chi connectivity index (χ1v) is 12.0. The number of nitriles is 1. The minimum Gasteiger partial charge on any atom is -0.483 e. The highest BCUT2D eigenvalue weighted by Gasteiger charge is 2.69. The Morgan fingerprint density at radius 2 is 2.03 bits per heavy atom. The van der Waals surface area contributed by atoms with Crippen LogP contribution in [0.1, 0.15) is 36.8 Å². The molecule has 0 bridgehead atoms. The molecule has 1 amide bonds. The fourth-order valence-corrected chi connectivity index (χ4v) is 5.71. The van der Waals surface area contributed by atoms with Gasteiger partial charge in [0.15, 0.2) is 5.96 Å². The highest BCUT2D eigenvalue weighted by Crippen LogP contribution is 2.59. The van der Waals surface area contributed by atoms with Crippen molar-refractivity contribution in [2.45, 2.75) is 47.3 Å². The number of alkyl halides is 2. The highest BCUT2D eigenvalue weighted by atomic mass is 127. The number of fused-ring (bicyclic) bond motifs is 3. The molecule has 170 valence electrons. The lowest BCUT2D eigenvalue weighted by atomic mass is 9.68. The Morgan fingerprint density at radius 3 is 2.67 bits per heavy atom. The van der Waals surface area contributed by atoms with E-state index in [1.54, 1.807) is 41.8 Å². The molecule has 0 radical (unpaired) electrons. The minimum atomic E-state index is -1.38. The van der Waals surface area contributed by atoms with Crippen molar-refractivity contribution in [3.63, 3.8) is 0 Å². The van der Waals surface area contributed by atoms with Gasteiger partial charge in [-0.1, -0.05) is 18.2 Å². The molecule has 2 atom stereocenters. The smallest absolute Gasteiger partial charge is 0.266 e. The normalized spacial score (nSPS) is 29.0. The number of carbonyl (C=O) groups is 1. The molecule has 2 aromatic rings. The third-order valence-electron chi connectivity index (χ3n) is 6.93.